The minimum Gasteiger partial charge on any atom is -0.494 e. The topological polar surface area (TPSA) is 82.4 Å². The summed E-state index contributed by atoms with van der Waals surface area (Å²) in [6.45, 7) is 7.85. The van der Waals surface area contributed by atoms with Gasteiger partial charge in [0.1, 0.15) is 17.4 Å². The summed E-state index contributed by atoms with van der Waals surface area (Å²) in [5.74, 6) is 6.79. The maximum atomic E-state index is 13.6. The average Bonchev–Trinajstić information content (AvgIpc) is 3.21. The number of pyridine rings is 1. The van der Waals surface area contributed by atoms with Gasteiger partial charge in [-0.05, 0) is 55.8 Å². The second-order valence-corrected chi connectivity index (χ2v) is 8.19. The van der Waals surface area contributed by atoms with Gasteiger partial charge in [0.25, 0.3) is 0 Å². The zero-order chi connectivity index (χ0) is 24.4. The maximum Gasteiger partial charge on any atom is 0.161 e. The van der Waals surface area contributed by atoms with Gasteiger partial charge in [0.05, 0.1) is 29.8 Å². The van der Waals surface area contributed by atoms with Gasteiger partial charge >= 0.3 is 0 Å². The quantitative estimate of drug-likeness (QED) is 0.384. The van der Waals surface area contributed by atoms with Crippen LogP contribution in [0.3, 0.4) is 0 Å². The Labute approximate surface area is 201 Å². The first-order valence-corrected chi connectivity index (χ1v) is 10.8. The number of hydrogen-bond acceptors (Lipinski definition) is 5. The highest BCUT2D eigenvalue weighted by Crippen LogP contribution is 2.28. The minimum atomic E-state index is -0.421. The van der Waals surface area contributed by atoms with Crippen molar-refractivity contribution >= 4 is 17.3 Å². The van der Waals surface area contributed by atoms with Gasteiger partial charge in [-0.3, -0.25) is 4.68 Å². The summed E-state index contributed by atoms with van der Waals surface area (Å²) in [7, 11) is 1.61. The Balaban J connectivity index is 1.70. The molecule has 0 spiro atoms. The van der Waals surface area contributed by atoms with Gasteiger partial charge < -0.3 is 20.5 Å². The lowest BCUT2D eigenvalue weighted by Crippen LogP contribution is -2.30. The van der Waals surface area contributed by atoms with Crippen LogP contribution in [0.25, 0.3) is 16.8 Å². The molecule has 0 saturated heterocycles. The number of nitrogen functional groups attached to an aromatic ring is 1. The van der Waals surface area contributed by atoms with E-state index in [0.29, 0.717) is 28.2 Å². The summed E-state index contributed by atoms with van der Waals surface area (Å²) in [6, 6.07) is 11.7. The molecule has 0 saturated carbocycles. The third-order valence-electron chi connectivity index (χ3n) is 5.12. The molecule has 7 nitrogen and oxygen atoms in total. The number of hydrogen-bond donors (Lipinski definition) is 2. The highest BCUT2D eigenvalue weighted by molar-refractivity contribution is 6.33. The number of nitrogens with zero attached hydrogens (tertiary/aromatic N) is 4. The Kier molecular flexibility index (Phi) is 6.43. The van der Waals surface area contributed by atoms with Crippen LogP contribution in [-0.4, -0.2) is 21.3 Å². The molecule has 0 aliphatic carbocycles. The van der Waals surface area contributed by atoms with Gasteiger partial charge in [0.2, 0.25) is 0 Å². The molecule has 0 radical (unpaired) electrons. The largest absolute Gasteiger partial charge is 0.494 e. The molecular weight excluding hydrogens is 455 g/mol. The van der Waals surface area contributed by atoms with Crippen LogP contribution in [0.4, 0.5) is 10.1 Å². The Morgan fingerprint density at radius 2 is 1.94 bits per heavy atom. The normalized spacial score (nSPS) is 11.5. The van der Waals surface area contributed by atoms with E-state index in [1.165, 1.54) is 16.8 Å². The number of anilines is 1. The van der Waals surface area contributed by atoms with Crippen molar-refractivity contribution in [3.8, 4) is 22.6 Å². The SMILES string of the molecule is C=C(N=c1c(-c2ccc(F)cc2Cl)cc(C)cn1N)Nc1ccc(-n2cnc(C)c2)c(OC)c1. The van der Waals surface area contributed by atoms with Gasteiger partial charge in [0, 0.05) is 35.3 Å². The van der Waals surface area contributed by atoms with Crippen LogP contribution in [0.1, 0.15) is 11.3 Å². The molecule has 0 aliphatic rings. The fourth-order valence-electron chi connectivity index (χ4n) is 3.62. The standard InChI is InChI=1S/C25H24ClFN6O/c1-15-9-21(20-7-5-18(27)10-22(20)26)25(33(28)12-15)31-17(3)30-19-6-8-23(24(11-19)34-4)32-13-16(2)29-14-32/h5-14,30H,3,28H2,1-2,4H3. The van der Waals surface area contributed by atoms with E-state index in [0.717, 1.165) is 22.6 Å². The summed E-state index contributed by atoms with van der Waals surface area (Å²) >= 11 is 6.32. The molecule has 0 unspecified atom stereocenters. The summed E-state index contributed by atoms with van der Waals surface area (Å²) in [6.07, 6.45) is 5.38. The smallest absolute Gasteiger partial charge is 0.161 e. The van der Waals surface area contributed by atoms with E-state index in [2.05, 4.69) is 21.9 Å². The number of rotatable bonds is 6. The highest BCUT2D eigenvalue weighted by atomic mass is 35.5. The molecular formula is C25H24ClFN6O. The number of aryl methyl sites for hydroxylation is 2. The molecule has 2 heterocycles. The fourth-order valence-corrected chi connectivity index (χ4v) is 3.89. The molecule has 9 heteroatoms. The van der Waals surface area contributed by atoms with Crippen molar-refractivity contribution in [3.05, 3.63) is 101 Å². The van der Waals surface area contributed by atoms with Crippen LogP contribution in [0.2, 0.25) is 5.02 Å². The number of imidazole rings is 1. The lowest BCUT2D eigenvalue weighted by atomic mass is 10.1. The number of methoxy groups -OCH3 is 1. The molecule has 4 aromatic rings. The Morgan fingerprint density at radius 3 is 2.62 bits per heavy atom. The van der Waals surface area contributed by atoms with Crippen molar-refractivity contribution in [1.29, 1.82) is 0 Å². The van der Waals surface area contributed by atoms with E-state index < -0.39 is 5.82 Å². The van der Waals surface area contributed by atoms with Crippen LogP contribution in [0, 0.1) is 19.7 Å². The minimum absolute atomic E-state index is 0.260. The van der Waals surface area contributed by atoms with Crippen molar-refractivity contribution < 1.29 is 9.13 Å². The van der Waals surface area contributed by atoms with E-state index >= 15 is 0 Å². The van der Waals surface area contributed by atoms with E-state index in [9.17, 15) is 4.39 Å². The first-order chi connectivity index (χ1) is 16.2. The summed E-state index contributed by atoms with van der Waals surface area (Å²) in [4.78, 5) is 8.86. The summed E-state index contributed by atoms with van der Waals surface area (Å²) in [5.41, 5.74) is 5.05. The summed E-state index contributed by atoms with van der Waals surface area (Å²) < 4.78 is 22.4. The predicted octanol–water partition coefficient (Wildman–Crippen LogP) is 4.96. The molecule has 0 bridgehead atoms. The van der Waals surface area contributed by atoms with Crippen molar-refractivity contribution in [3.63, 3.8) is 0 Å². The number of nitrogens with two attached hydrogens (primary N) is 1. The Morgan fingerprint density at radius 1 is 1.15 bits per heavy atom. The third kappa shape index (κ3) is 4.82. The van der Waals surface area contributed by atoms with Crippen LogP contribution in [0.15, 0.2) is 78.6 Å². The maximum absolute atomic E-state index is 13.6. The fraction of sp³-hybridized carbons (Fsp3) is 0.120. The molecule has 0 amide bonds. The van der Waals surface area contributed by atoms with E-state index in [1.807, 2.05) is 48.9 Å². The van der Waals surface area contributed by atoms with Crippen molar-refractivity contribution in [2.24, 2.45) is 4.99 Å². The van der Waals surface area contributed by atoms with Gasteiger partial charge in [0.15, 0.2) is 5.49 Å². The molecule has 0 fully saturated rings. The second kappa shape index (κ2) is 9.44. The molecule has 2 aromatic carbocycles. The van der Waals surface area contributed by atoms with Crippen LogP contribution in [0.5, 0.6) is 5.75 Å². The van der Waals surface area contributed by atoms with Crippen LogP contribution in [-0.2, 0) is 0 Å². The van der Waals surface area contributed by atoms with E-state index in [1.54, 1.807) is 25.7 Å². The lowest BCUT2D eigenvalue weighted by Gasteiger charge is -2.14. The predicted molar refractivity (Wildman–Crippen MR) is 133 cm³/mol. The number of halogens is 2. The highest BCUT2D eigenvalue weighted by Gasteiger charge is 2.11. The molecule has 2 aromatic heterocycles. The number of ether oxygens (including phenoxy) is 1. The molecule has 4 rings (SSSR count). The van der Waals surface area contributed by atoms with E-state index in [-0.39, 0.29) is 5.02 Å². The van der Waals surface area contributed by atoms with Gasteiger partial charge in [-0.15, -0.1) is 0 Å². The summed E-state index contributed by atoms with van der Waals surface area (Å²) in [5, 5.41) is 3.43. The van der Waals surface area contributed by atoms with E-state index in [4.69, 9.17) is 22.2 Å². The van der Waals surface area contributed by atoms with Gasteiger partial charge in [-0.2, -0.15) is 0 Å². The monoisotopic (exact) mass is 478 g/mol. The molecule has 3 N–H and O–H groups in total. The first-order valence-electron chi connectivity index (χ1n) is 10.4. The number of benzene rings is 2. The second-order valence-electron chi connectivity index (χ2n) is 7.78. The van der Waals surface area contributed by atoms with Gasteiger partial charge in [-0.1, -0.05) is 18.2 Å². The van der Waals surface area contributed by atoms with Crippen molar-refractivity contribution in [2.75, 3.05) is 18.3 Å². The van der Waals surface area contributed by atoms with Crippen molar-refractivity contribution in [2.45, 2.75) is 13.8 Å². The van der Waals surface area contributed by atoms with Crippen molar-refractivity contribution in [1.82, 2.24) is 14.2 Å². The molecule has 0 atom stereocenters. The Hall–Kier alpha value is -4.04. The zero-order valence-corrected chi connectivity index (χ0v) is 19.8. The number of aromatic nitrogens is 3. The molecule has 174 valence electrons. The first kappa shape index (κ1) is 23.1. The average molecular weight is 479 g/mol. The van der Waals surface area contributed by atoms with Gasteiger partial charge in [-0.25, -0.2) is 14.4 Å². The van der Waals surface area contributed by atoms with Crippen LogP contribution < -0.4 is 21.4 Å². The van der Waals surface area contributed by atoms with Crippen LogP contribution >= 0.6 is 11.6 Å². The number of nitrogens with one attached hydrogen (secondary N) is 1. The lowest BCUT2D eigenvalue weighted by molar-refractivity contribution is 0.413. The molecule has 34 heavy (non-hydrogen) atoms. The Bertz CT molecular complexity index is 1460. The zero-order valence-electron chi connectivity index (χ0n) is 19.0. The third-order valence-corrected chi connectivity index (χ3v) is 5.43. The molecule has 0 aliphatic heterocycles.